The van der Waals surface area contributed by atoms with Gasteiger partial charge in [-0.15, -0.1) is 0 Å². The Labute approximate surface area is 206 Å². The number of hydrogen-bond donors (Lipinski definition) is 1. The van der Waals surface area contributed by atoms with Crippen molar-refractivity contribution in [3.05, 3.63) is 89.5 Å². The smallest absolute Gasteiger partial charge is 0.229 e. The summed E-state index contributed by atoms with van der Waals surface area (Å²) in [7, 11) is -4.69. The molecule has 3 aromatic carbocycles. The molecular formula is C25H27N3O5S2. The highest BCUT2D eigenvalue weighted by molar-refractivity contribution is 7.92. The van der Waals surface area contributed by atoms with Crippen molar-refractivity contribution in [3.8, 4) is 5.75 Å². The molecule has 1 atom stereocenters. The van der Waals surface area contributed by atoms with Crippen LogP contribution in [0.4, 0.5) is 5.69 Å². The Balaban J connectivity index is 1.61. The molecule has 0 spiro atoms. The minimum absolute atomic E-state index is 0.210. The molecule has 1 N–H and O–H groups in total. The first-order chi connectivity index (χ1) is 16.5. The Morgan fingerprint density at radius 3 is 2.23 bits per heavy atom. The number of ether oxygens (including phenoxy) is 1. The van der Waals surface area contributed by atoms with Crippen molar-refractivity contribution in [2.45, 2.75) is 17.5 Å². The van der Waals surface area contributed by atoms with Gasteiger partial charge in [-0.2, -0.15) is 0 Å². The van der Waals surface area contributed by atoms with Crippen LogP contribution in [0.5, 0.6) is 5.75 Å². The number of likely N-dealkylation sites (N-methyl/N-ethyl adjacent to an activating group) is 1. The van der Waals surface area contributed by atoms with Gasteiger partial charge in [-0.05, 0) is 53.1 Å². The lowest BCUT2D eigenvalue weighted by Crippen LogP contribution is -2.30. The summed E-state index contributed by atoms with van der Waals surface area (Å²) in [4.78, 5) is 7.31. The molecule has 0 bridgehead atoms. The monoisotopic (exact) mass is 513 g/mol. The zero-order chi connectivity index (χ0) is 25.2. The number of benzene rings is 3. The molecule has 0 radical (unpaired) electrons. The molecule has 0 saturated heterocycles. The van der Waals surface area contributed by atoms with E-state index in [0.29, 0.717) is 18.0 Å². The number of hydrogen-bond acceptors (Lipinski definition) is 7. The third-order valence-corrected chi connectivity index (χ3v) is 7.36. The summed E-state index contributed by atoms with van der Waals surface area (Å²) in [5.74, 6) is 1.31. The molecular weight excluding hydrogens is 486 g/mol. The third kappa shape index (κ3) is 6.20. The highest BCUT2D eigenvalue weighted by Gasteiger charge is 2.24. The number of nitrogens with zero attached hydrogens (tertiary/aromatic N) is 2. The lowest BCUT2D eigenvalue weighted by molar-refractivity contribution is 0.349. The SMILES string of the molecule is CN1Cc2ccccc2C(c2ccc(S(C)(=O)=O)cc2)N=C1COc1ccc(NS(C)(=O)=O)cc1. The van der Waals surface area contributed by atoms with E-state index in [1.165, 1.54) is 6.26 Å². The summed E-state index contributed by atoms with van der Waals surface area (Å²) in [6.07, 6.45) is 2.29. The maximum absolute atomic E-state index is 11.9. The number of aliphatic imine (C=N–C) groups is 1. The molecule has 35 heavy (non-hydrogen) atoms. The van der Waals surface area contributed by atoms with Crippen molar-refractivity contribution < 1.29 is 21.6 Å². The van der Waals surface area contributed by atoms with Gasteiger partial charge in [0.15, 0.2) is 9.84 Å². The molecule has 1 aliphatic rings. The van der Waals surface area contributed by atoms with Crippen molar-refractivity contribution >= 4 is 31.4 Å². The van der Waals surface area contributed by atoms with E-state index in [2.05, 4.69) is 10.8 Å². The van der Waals surface area contributed by atoms with Crippen LogP contribution in [0.1, 0.15) is 22.7 Å². The predicted molar refractivity (Wildman–Crippen MR) is 137 cm³/mol. The molecule has 8 nitrogen and oxygen atoms in total. The van der Waals surface area contributed by atoms with Gasteiger partial charge in [-0.25, -0.2) is 16.8 Å². The van der Waals surface area contributed by atoms with E-state index in [-0.39, 0.29) is 17.5 Å². The summed E-state index contributed by atoms with van der Waals surface area (Å²) in [6.45, 7) is 0.856. The van der Waals surface area contributed by atoms with Crippen molar-refractivity contribution in [2.24, 2.45) is 4.99 Å². The van der Waals surface area contributed by atoms with Crippen molar-refractivity contribution in [1.82, 2.24) is 4.90 Å². The molecule has 10 heteroatoms. The minimum atomic E-state index is -3.35. The number of rotatable bonds is 7. The molecule has 0 aromatic heterocycles. The second-order valence-corrected chi connectivity index (χ2v) is 12.3. The van der Waals surface area contributed by atoms with Crippen LogP contribution in [0.15, 0.2) is 82.7 Å². The van der Waals surface area contributed by atoms with E-state index in [4.69, 9.17) is 9.73 Å². The summed E-state index contributed by atoms with van der Waals surface area (Å²) >= 11 is 0. The lowest BCUT2D eigenvalue weighted by atomic mass is 9.95. The number of sulfone groups is 1. The van der Waals surface area contributed by atoms with Gasteiger partial charge in [0, 0.05) is 25.5 Å². The number of fused-ring (bicyclic) bond motifs is 1. The third-order valence-electron chi connectivity index (χ3n) is 5.63. The number of sulfonamides is 1. The summed E-state index contributed by atoms with van der Waals surface area (Å²) < 4.78 is 55.0. The Morgan fingerprint density at radius 2 is 1.60 bits per heavy atom. The van der Waals surface area contributed by atoms with E-state index in [1.54, 1.807) is 48.5 Å². The van der Waals surface area contributed by atoms with Gasteiger partial charge in [0.05, 0.1) is 11.2 Å². The Morgan fingerprint density at radius 1 is 0.943 bits per heavy atom. The fourth-order valence-corrected chi connectivity index (χ4v) is 5.08. The average molecular weight is 514 g/mol. The quantitative estimate of drug-likeness (QED) is 0.519. The van der Waals surface area contributed by atoms with Gasteiger partial charge in [-0.1, -0.05) is 36.4 Å². The molecule has 0 saturated carbocycles. The van der Waals surface area contributed by atoms with Crippen LogP contribution < -0.4 is 9.46 Å². The van der Waals surface area contributed by atoms with Crippen LogP contribution in [0, 0.1) is 0 Å². The molecule has 3 aromatic rings. The topological polar surface area (TPSA) is 105 Å². The van der Waals surface area contributed by atoms with Crippen molar-refractivity contribution in [3.63, 3.8) is 0 Å². The van der Waals surface area contributed by atoms with Crippen LogP contribution in [0.25, 0.3) is 0 Å². The van der Waals surface area contributed by atoms with Gasteiger partial charge in [-0.3, -0.25) is 9.71 Å². The highest BCUT2D eigenvalue weighted by atomic mass is 32.2. The standard InChI is InChI=1S/C25H27N3O5S2/c1-28-16-19-6-4-5-7-23(19)25(18-8-14-22(15-9-18)34(2,29)30)26-24(28)17-33-21-12-10-20(11-13-21)27-35(3,31)32/h4-15,25,27H,16-17H2,1-3H3. The van der Waals surface area contributed by atoms with Gasteiger partial charge in [0.2, 0.25) is 10.0 Å². The van der Waals surface area contributed by atoms with E-state index >= 15 is 0 Å². The lowest BCUT2D eigenvalue weighted by Gasteiger charge is -2.20. The van der Waals surface area contributed by atoms with Crippen LogP contribution in [0.2, 0.25) is 0 Å². The minimum Gasteiger partial charge on any atom is -0.486 e. The Kier molecular flexibility index (Phi) is 6.86. The molecule has 1 unspecified atom stereocenters. The summed E-state index contributed by atoms with van der Waals surface area (Å²) in [5, 5.41) is 0. The van der Waals surface area contributed by atoms with E-state index in [9.17, 15) is 16.8 Å². The van der Waals surface area contributed by atoms with Gasteiger partial charge < -0.3 is 9.64 Å². The second-order valence-electron chi connectivity index (χ2n) is 8.53. The zero-order valence-electron chi connectivity index (χ0n) is 19.7. The fourth-order valence-electron chi connectivity index (χ4n) is 3.89. The van der Waals surface area contributed by atoms with Gasteiger partial charge >= 0.3 is 0 Å². The maximum Gasteiger partial charge on any atom is 0.229 e. The van der Waals surface area contributed by atoms with Crippen LogP contribution in [-0.2, 0) is 26.4 Å². The van der Waals surface area contributed by atoms with Crippen LogP contribution >= 0.6 is 0 Å². The highest BCUT2D eigenvalue weighted by Crippen LogP contribution is 2.33. The van der Waals surface area contributed by atoms with Crippen molar-refractivity contribution in [2.75, 3.05) is 30.9 Å². The van der Waals surface area contributed by atoms with E-state index in [1.807, 2.05) is 30.1 Å². The first kappa shape index (κ1) is 24.7. The molecule has 0 fully saturated rings. The largest absolute Gasteiger partial charge is 0.486 e. The molecule has 1 heterocycles. The number of amidine groups is 1. The second kappa shape index (κ2) is 9.71. The zero-order valence-corrected chi connectivity index (χ0v) is 21.3. The average Bonchev–Trinajstić information content (AvgIpc) is 2.93. The number of nitrogens with one attached hydrogen (secondary N) is 1. The molecule has 0 aliphatic carbocycles. The van der Waals surface area contributed by atoms with E-state index < -0.39 is 19.9 Å². The predicted octanol–water partition coefficient (Wildman–Crippen LogP) is 3.47. The molecule has 184 valence electrons. The fraction of sp³-hybridized carbons (Fsp3) is 0.240. The van der Waals surface area contributed by atoms with Crippen molar-refractivity contribution in [1.29, 1.82) is 0 Å². The molecule has 0 amide bonds. The maximum atomic E-state index is 11.9. The molecule has 4 rings (SSSR count). The number of anilines is 1. The van der Waals surface area contributed by atoms with E-state index in [0.717, 1.165) is 28.8 Å². The Bertz CT molecular complexity index is 1450. The first-order valence-corrected chi connectivity index (χ1v) is 14.6. The normalized spacial score (nSPS) is 16.1. The first-order valence-electron chi connectivity index (χ1n) is 10.9. The Hall–Kier alpha value is -3.37. The molecule has 1 aliphatic heterocycles. The summed E-state index contributed by atoms with van der Waals surface area (Å²) in [6, 6.07) is 21.2. The van der Waals surface area contributed by atoms with Crippen LogP contribution in [0.3, 0.4) is 0 Å². The summed E-state index contributed by atoms with van der Waals surface area (Å²) in [5.41, 5.74) is 3.52. The van der Waals surface area contributed by atoms with Gasteiger partial charge in [0.25, 0.3) is 0 Å². The van der Waals surface area contributed by atoms with Gasteiger partial charge in [0.1, 0.15) is 24.2 Å². The van der Waals surface area contributed by atoms with Crippen LogP contribution in [-0.4, -0.2) is 53.7 Å².